The van der Waals surface area contributed by atoms with Gasteiger partial charge in [-0.3, -0.25) is 0 Å². The van der Waals surface area contributed by atoms with Gasteiger partial charge in [0.1, 0.15) is 11.4 Å². The van der Waals surface area contributed by atoms with Crippen LogP contribution in [0.3, 0.4) is 0 Å². The molecule has 1 aromatic rings. The normalized spacial score (nSPS) is 14.4. The van der Waals surface area contributed by atoms with Crippen LogP contribution < -0.4 is 0 Å². The lowest BCUT2D eigenvalue weighted by Gasteiger charge is -2.17. The van der Waals surface area contributed by atoms with Crippen molar-refractivity contribution in [2.75, 3.05) is 5.75 Å². The van der Waals surface area contributed by atoms with Crippen molar-refractivity contribution in [1.82, 2.24) is 10.3 Å². The summed E-state index contributed by atoms with van der Waals surface area (Å²) in [6.07, 6.45) is 0. The first kappa shape index (κ1) is 11.6. The summed E-state index contributed by atoms with van der Waals surface area (Å²) < 4.78 is 4.83. The second-order valence-corrected chi connectivity index (χ2v) is 5.96. The van der Waals surface area contributed by atoms with E-state index in [4.69, 9.17) is 4.63 Å². The second-order valence-electron chi connectivity index (χ2n) is 4.35. The Morgan fingerprint density at radius 1 is 1.36 bits per heavy atom. The zero-order chi connectivity index (χ0) is 10.8. The van der Waals surface area contributed by atoms with Gasteiger partial charge in [-0.05, 0) is 12.7 Å². The van der Waals surface area contributed by atoms with Crippen molar-refractivity contribution < 1.29 is 4.63 Å². The van der Waals surface area contributed by atoms with Crippen molar-refractivity contribution in [3.8, 4) is 0 Å². The number of hydrogen-bond donors (Lipinski definition) is 0. The largest absolute Gasteiger partial charge is 0.244 e. The fourth-order valence-electron chi connectivity index (χ4n) is 1.31. The van der Waals surface area contributed by atoms with Gasteiger partial charge in [-0.15, -0.1) is 0 Å². The molecule has 1 aromatic heterocycles. The Morgan fingerprint density at radius 3 is 2.50 bits per heavy atom. The Bertz CT molecular complexity index is 291. The molecule has 0 saturated carbocycles. The average molecular weight is 214 g/mol. The van der Waals surface area contributed by atoms with Gasteiger partial charge in [0, 0.05) is 10.7 Å². The van der Waals surface area contributed by atoms with E-state index in [1.54, 1.807) is 0 Å². The highest BCUT2D eigenvalue weighted by Crippen LogP contribution is 2.33. The summed E-state index contributed by atoms with van der Waals surface area (Å²) in [5.74, 6) is 1.08. The summed E-state index contributed by atoms with van der Waals surface area (Å²) in [6.45, 7) is 10.7. The summed E-state index contributed by atoms with van der Waals surface area (Å²) in [5, 5.41) is 8.35. The maximum absolute atomic E-state index is 4.83. The summed E-state index contributed by atoms with van der Waals surface area (Å²) in [7, 11) is 0. The van der Waals surface area contributed by atoms with Crippen LogP contribution in [-0.2, 0) is 5.41 Å². The van der Waals surface area contributed by atoms with Crippen molar-refractivity contribution in [2.45, 2.75) is 45.3 Å². The minimum Gasteiger partial charge on any atom is -0.244 e. The Morgan fingerprint density at radius 2 is 2.00 bits per heavy atom. The van der Waals surface area contributed by atoms with Gasteiger partial charge in [0.15, 0.2) is 0 Å². The fourth-order valence-corrected chi connectivity index (χ4v) is 2.12. The van der Waals surface area contributed by atoms with Crippen LogP contribution in [0.2, 0.25) is 0 Å². The van der Waals surface area contributed by atoms with Crippen LogP contribution in [0.15, 0.2) is 4.63 Å². The number of thioether (sulfide) groups is 1. The third-order valence-electron chi connectivity index (χ3n) is 2.03. The van der Waals surface area contributed by atoms with E-state index in [-0.39, 0.29) is 5.41 Å². The Labute approximate surface area is 89.6 Å². The van der Waals surface area contributed by atoms with Gasteiger partial charge in [-0.2, -0.15) is 11.8 Å². The SMILES string of the molecule is CCSC(C)c1nonc1C(C)(C)C. The van der Waals surface area contributed by atoms with E-state index in [9.17, 15) is 0 Å². The zero-order valence-electron chi connectivity index (χ0n) is 9.50. The van der Waals surface area contributed by atoms with Gasteiger partial charge in [-0.25, -0.2) is 4.63 Å². The van der Waals surface area contributed by atoms with Crippen molar-refractivity contribution in [3.05, 3.63) is 11.4 Å². The smallest absolute Gasteiger partial charge is 0.121 e. The topological polar surface area (TPSA) is 38.9 Å². The maximum atomic E-state index is 4.83. The van der Waals surface area contributed by atoms with Crippen molar-refractivity contribution in [2.24, 2.45) is 0 Å². The van der Waals surface area contributed by atoms with Crippen LogP contribution >= 0.6 is 11.8 Å². The molecule has 0 radical (unpaired) electrons. The molecular formula is C10H18N2OS. The van der Waals surface area contributed by atoms with E-state index in [1.807, 2.05) is 11.8 Å². The van der Waals surface area contributed by atoms with E-state index < -0.39 is 0 Å². The van der Waals surface area contributed by atoms with Gasteiger partial charge in [0.25, 0.3) is 0 Å². The first-order valence-corrected chi connectivity index (χ1v) is 5.96. The maximum Gasteiger partial charge on any atom is 0.121 e. The molecule has 0 fully saturated rings. The van der Waals surface area contributed by atoms with Crippen molar-refractivity contribution >= 4 is 11.8 Å². The molecule has 80 valence electrons. The predicted octanol–water partition coefficient (Wildman–Crippen LogP) is 3.18. The van der Waals surface area contributed by atoms with E-state index in [0.29, 0.717) is 5.25 Å². The Kier molecular flexibility index (Phi) is 3.59. The molecule has 0 spiro atoms. The quantitative estimate of drug-likeness (QED) is 0.774. The van der Waals surface area contributed by atoms with Crippen molar-refractivity contribution in [1.29, 1.82) is 0 Å². The molecule has 0 N–H and O–H groups in total. The second kappa shape index (κ2) is 4.34. The molecule has 0 amide bonds. The lowest BCUT2D eigenvalue weighted by molar-refractivity contribution is 0.294. The molecule has 0 aliphatic rings. The number of aromatic nitrogens is 2. The summed E-state index contributed by atoms with van der Waals surface area (Å²) >= 11 is 1.86. The Balaban J connectivity index is 2.93. The highest BCUT2D eigenvalue weighted by Gasteiger charge is 2.26. The predicted molar refractivity (Wildman–Crippen MR) is 59.5 cm³/mol. The molecule has 1 unspecified atom stereocenters. The van der Waals surface area contributed by atoms with Gasteiger partial charge >= 0.3 is 0 Å². The number of hydrogen-bond acceptors (Lipinski definition) is 4. The molecule has 3 nitrogen and oxygen atoms in total. The molecule has 0 aromatic carbocycles. The standard InChI is InChI=1S/C10H18N2OS/c1-6-14-7(2)8-9(10(3,4)5)12-13-11-8/h7H,6H2,1-5H3. The molecule has 14 heavy (non-hydrogen) atoms. The minimum atomic E-state index is 0.0118. The van der Waals surface area contributed by atoms with E-state index >= 15 is 0 Å². The molecule has 0 saturated heterocycles. The molecule has 1 rings (SSSR count). The molecule has 4 heteroatoms. The van der Waals surface area contributed by atoms with Crippen LogP contribution in [0.4, 0.5) is 0 Å². The molecule has 0 aliphatic heterocycles. The van der Waals surface area contributed by atoms with Crippen LogP contribution in [0, 0.1) is 0 Å². The summed E-state index contributed by atoms with van der Waals surface area (Å²) in [5.41, 5.74) is 1.98. The zero-order valence-corrected chi connectivity index (χ0v) is 10.3. The highest BCUT2D eigenvalue weighted by molar-refractivity contribution is 7.99. The van der Waals surface area contributed by atoms with Crippen LogP contribution in [0.1, 0.15) is 51.3 Å². The Hall–Kier alpha value is -0.510. The van der Waals surface area contributed by atoms with E-state index in [2.05, 4.69) is 44.9 Å². The monoisotopic (exact) mass is 214 g/mol. The molecular weight excluding hydrogens is 196 g/mol. The van der Waals surface area contributed by atoms with Gasteiger partial charge in [-0.1, -0.05) is 38.0 Å². The lowest BCUT2D eigenvalue weighted by Crippen LogP contribution is -2.15. The van der Waals surface area contributed by atoms with Crippen LogP contribution in [0.25, 0.3) is 0 Å². The van der Waals surface area contributed by atoms with Gasteiger partial charge < -0.3 is 0 Å². The third kappa shape index (κ3) is 2.50. The van der Waals surface area contributed by atoms with E-state index in [1.165, 1.54) is 0 Å². The average Bonchev–Trinajstić information content (AvgIpc) is 2.50. The van der Waals surface area contributed by atoms with Crippen molar-refractivity contribution in [3.63, 3.8) is 0 Å². The number of nitrogens with zero attached hydrogens (tertiary/aromatic N) is 2. The number of rotatable bonds is 3. The summed E-state index contributed by atoms with van der Waals surface area (Å²) in [6, 6.07) is 0. The summed E-state index contributed by atoms with van der Waals surface area (Å²) in [4.78, 5) is 0. The van der Waals surface area contributed by atoms with Crippen LogP contribution in [0.5, 0.6) is 0 Å². The van der Waals surface area contributed by atoms with Gasteiger partial charge in [0.2, 0.25) is 0 Å². The molecule has 0 bridgehead atoms. The highest BCUT2D eigenvalue weighted by atomic mass is 32.2. The fraction of sp³-hybridized carbons (Fsp3) is 0.800. The molecule has 1 atom stereocenters. The van der Waals surface area contributed by atoms with Crippen LogP contribution in [-0.4, -0.2) is 16.1 Å². The van der Waals surface area contributed by atoms with Gasteiger partial charge in [0.05, 0.1) is 0 Å². The first-order valence-electron chi connectivity index (χ1n) is 4.91. The molecule has 1 heterocycles. The first-order chi connectivity index (χ1) is 6.46. The van der Waals surface area contributed by atoms with E-state index in [0.717, 1.165) is 17.1 Å². The minimum absolute atomic E-state index is 0.0118. The lowest BCUT2D eigenvalue weighted by atomic mass is 9.90. The third-order valence-corrected chi connectivity index (χ3v) is 3.08. The molecule has 0 aliphatic carbocycles.